The number of hydrogen-bond donors (Lipinski definition) is 1. The van der Waals surface area contributed by atoms with Crippen molar-refractivity contribution >= 4 is 14.7 Å². The SMILES string of the molecule is C[SiH](C)OC(CCOc1cccc(N)c1)C(C)(C)C. The van der Waals surface area contributed by atoms with E-state index in [1.54, 1.807) is 0 Å². The molecular formula is C15H27NO2Si. The van der Waals surface area contributed by atoms with Crippen molar-refractivity contribution in [1.82, 2.24) is 0 Å². The van der Waals surface area contributed by atoms with Crippen molar-refractivity contribution in [1.29, 1.82) is 0 Å². The van der Waals surface area contributed by atoms with Crippen LogP contribution in [0.4, 0.5) is 5.69 Å². The van der Waals surface area contributed by atoms with E-state index in [0.29, 0.717) is 6.61 Å². The maximum atomic E-state index is 6.11. The maximum absolute atomic E-state index is 6.11. The summed E-state index contributed by atoms with van der Waals surface area (Å²) in [5.41, 5.74) is 6.61. The van der Waals surface area contributed by atoms with E-state index in [4.69, 9.17) is 14.9 Å². The summed E-state index contributed by atoms with van der Waals surface area (Å²) in [6, 6.07) is 7.55. The molecule has 1 atom stereocenters. The molecule has 3 nitrogen and oxygen atoms in total. The molecule has 0 heterocycles. The number of ether oxygens (including phenoxy) is 1. The molecule has 2 N–H and O–H groups in total. The Bertz CT molecular complexity index is 388. The fraction of sp³-hybridized carbons (Fsp3) is 0.600. The Morgan fingerprint density at radius 1 is 1.26 bits per heavy atom. The van der Waals surface area contributed by atoms with E-state index in [0.717, 1.165) is 17.9 Å². The average molecular weight is 281 g/mol. The van der Waals surface area contributed by atoms with Crippen LogP contribution in [0.5, 0.6) is 5.75 Å². The van der Waals surface area contributed by atoms with Gasteiger partial charge in [-0.25, -0.2) is 0 Å². The minimum absolute atomic E-state index is 0.149. The van der Waals surface area contributed by atoms with Crippen molar-refractivity contribution in [3.05, 3.63) is 24.3 Å². The Morgan fingerprint density at radius 3 is 2.47 bits per heavy atom. The summed E-state index contributed by atoms with van der Waals surface area (Å²) in [6.45, 7) is 11.7. The molecule has 0 spiro atoms. The second kappa shape index (κ2) is 6.96. The van der Waals surface area contributed by atoms with E-state index in [2.05, 4.69) is 33.9 Å². The molecule has 1 aromatic carbocycles. The van der Waals surface area contributed by atoms with Crippen LogP contribution in [0.1, 0.15) is 27.2 Å². The summed E-state index contributed by atoms with van der Waals surface area (Å²) < 4.78 is 11.9. The molecule has 19 heavy (non-hydrogen) atoms. The van der Waals surface area contributed by atoms with Crippen LogP contribution in [0.2, 0.25) is 13.1 Å². The average Bonchev–Trinajstić information content (AvgIpc) is 2.26. The largest absolute Gasteiger partial charge is 0.493 e. The summed E-state index contributed by atoms with van der Waals surface area (Å²) >= 11 is 0. The van der Waals surface area contributed by atoms with E-state index in [9.17, 15) is 0 Å². The van der Waals surface area contributed by atoms with Gasteiger partial charge in [0.2, 0.25) is 0 Å². The number of benzene rings is 1. The van der Waals surface area contributed by atoms with Crippen LogP contribution in [-0.4, -0.2) is 21.8 Å². The molecule has 0 bridgehead atoms. The molecule has 0 fully saturated rings. The van der Waals surface area contributed by atoms with Gasteiger partial charge >= 0.3 is 0 Å². The van der Waals surface area contributed by atoms with E-state index >= 15 is 0 Å². The zero-order chi connectivity index (χ0) is 14.5. The van der Waals surface area contributed by atoms with Crippen molar-refractivity contribution < 1.29 is 9.16 Å². The molecule has 1 aromatic rings. The van der Waals surface area contributed by atoms with Crippen LogP contribution in [0.3, 0.4) is 0 Å². The lowest BCUT2D eigenvalue weighted by molar-refractivity contribution is 0.0646. The fourth-order valence-electron chi connectivity index (χ4n) is 1.92. The van der Waals surface area contributed by atoms with Gasteiger partial charge in [-0.15, -0.1) is 0 Å². The van der Waals surface area contributed by atoms with Gasteiger partial charge < -0.3 is 14.9 Å². The third kappa shape index (κ3) is 6.12. The quantitative estimate of drug-likeness (QED) is 0.641. The lowest BCUT2D eigenvalue weighted by Crippen LogP contribution is -2.34. The van der Waals surface area contributed by atoms with Gasteiger partial charge in [0.15, 0.2) is 9.04 Å². The zero-order valence-electron chi connectivity index (χ0n) is 12.8. The highest BCUT2D eigenvalue weighted by molar-refractivity contribution is 6.48. The molecule has 0 aromatic heterocycles. The highest BCUT2D eigenvalue weighted by Gasteiger charge is 2.26. The fourth-order valence-corrected chi connectivity index (χ4v) is 3.12. The summed E-state index contributed by atoms with van der Waals surface area (Å²) in [6.07, 6.45) is 1.16. The number of nitrogens with two attached hydrogens (primary N) is 1. The third-order valence-electron chi connectivity index (χ3n) is 2.91. The summed E-state index contributed by atoms with van der Waals surface area (Å²) in [5, 5.41) is 0. The molecule has 0 amide bonds. The predicted octanol–water partition coefficient (Wildman–Crippen LogP) is 3.45. The third-order valence-corrected chi connectivity index (χ3v) is 3.78. The van der Waals surface area contributed by atoms with Gasteiger partial charge in [0.25, 0.3) is 0 Å². The number of hydrogen-bond acceptors (Lipinski definition) is 3. The highest BCUT2D eigenvalue weighted by Crippen LogP contribution is 2.26. The normalized spacial score (nSPS) is 13.6. The van der Waals surface area contributed by atoms with Gasteiger partial charge in [0.05, 0.1) is 12.7 Å². The van der Waals surface area contributed by atoms with Crippen LogP contribution in [0, 0.1) is 5.41 Å². The molecule has 0 aliphatic heterocycles. The second-order valence-electron chi connectivity index (χ2n) is 6.25. The lowest BCUT2D eigenvalue weighted by Gasteiger charge is -2.32. The molecule has 0 aliphatic carbocycles. The number of anilines is 1. The van der Waals surface area contributed by atoms with Crippen molar-refractivity contribution in [2.45, 2.75) is 46.4 Å². The van der Waals surface area contributed by atoms with Crippen molar-refractivity contribution in [3.63, 3.8) is 0 Å². The Balaban J connectivity index is 2.48. The molecule has 4 heteroatoms. The van der Waals surface area contributed by atoms with Crippen LogP contribution < -0.4 is 10.5 Å². The number of nitrogen functional groups attached to an aromatic ring is 1. The second-order valence-corrected chi connectivity index (χ2v) is 8.62. The van der Waals surface area contributed by atoms with Crippen molar-refractivity contribution in [2.24, 2.45) is 5.41 Å². The first-order valence-corrected chi connectivity index (χ1v) is 9.71. The molecule has 108 valence electrons. The van der Waals surface area contributed by atoms with E-state index in [1.165, 1.54) is 0 Å². The monoisotopic (exact) mass is 281 g/mol. The molecule has 0 aliphatic rings. The van der Waals surface area contributed by atoms with Gasteiger partial charge in [0.1, 0.15) is 5.75 Å². The lowest BCUT2D eigenvalue weighted by atomic mass is 9.87. The smallest absolute Gasteiger partial charge is 0.171 e. The first-order valence-electron chi connectivity index (χ1n) is 6.93. The van der Waals surface area contributed by atoms with Gasteiger partial charge in [-0.05, 0) is 30.6 Å². The van der Waals surface area contributed by atoms with Gasteiger partial charge in [0, 0.05) is 18.2 Å². The van der Waals surface area contributed by atoms with Crippen LogP contribution in [0.15, 0.2) is 24.3 Å². The van der Waals surface area contributed by atoms with E-state index in [-0.39, 0.29) is 11.5 Å². The molecule has 0 saturated heterocycles. The molecule has 1 unspecified atom stereocenters. The standard InChI is InChI=1S/C15H27NO2Si/c1-15(2,3)14(18-19(4)5)9-10-17-13-8-6-7-12(16)11-13/h6-8,11,14,19H,9-10,16H2,1-5H3. The highest BCUT2D eigenvalue weighted by atomic mass is 28.3. The topological polar surface area (TPSA) is 44.5 Å². The van der Waals surface area contributed by atoms with Crippen molar-refractivity contribution in [3.8, 4) is 5.75 Å². The van der Waals surface area contributed by atoms with Crippen molar-refractivity contribution in [2.75, 3.05) is 12.3 Å². The summed E-state index contributed by atoms with van der Waals surface area (Å²) in [4.78, 5) is 0. The first-order chi connectivity index (χ1) is 8.79. The molecular weight excluding hydrogens is 254 g/mol. The number of rotatable bonds is 6. The first kappa shape index (κ1) is 16.1. The minimum Gasteiger partial charge on any atom is -0.493 e. The van der Waals surface area contributed by atoms with E-state index in [1.807, 2.05) is 24.3 Å². The molecule has 0 saturated carbocycles. The van der Waals surface area contributed by atoms with Gasteiger partial charge in [-0.3, -0.25) is 0 Å². The van der Waals surface area contributed by atoms with Gasteiger partial charge in [-0.2, -0.15) is 0 Å². The molecule has 1 rings (SSSR count). The zero-order valence-corrected chi connectivity index (χ0v) is 13.9. The van der Waals surface area contributed by atoms with Gasteiger partial charge in [-0.1, -0.05) is 26.8 Å². The van der Waals surface area contributed by atoms with Crippen LogP contribution >= 0.6 is 0 Å². The van der Waals surface area contributed by atoms with E-state index < -0.39 is 9.04 Å². The minimum atomic E-state index is -1.03. The summed E-state index contributed by atoms with van der Waals surface area (Å²) in [5.74, 6) is 0.828. The Hall–Kier alpha value is -1.00. The van der Waals surface area contributed by atoms with Crippen LogP contribution in [0.25, 0.3) is 0 Å². The Labute approximate surface area is 118 Å². The van der Waals surface area contributed by atoms with Crippen LogP contribution in [-0.2, 0) is 4.43 Å². The maximum Gasteiger partial charge on any atom is 0.171 e. The Morgan fingerprint density at radius 2 is 1.95 bits per heavy atom. The molecule has 0 radical (unpaired) electrons. The predicted molar refractivity (Wildman–Crippen MR) is 84.2 cm³/mol. The summed E-state index contributed by atoms with van der Waals surface area (Å²) in [7, 11) is -1.03. The Kier molecular flexibility index (Phi) is 5.88.